The molecule has 7 heteroatoms. The minimum absolute atomic E-state index is 0.335. The largest absolute Gasteiger partial charge is 0.339 e. The molecule has 24 heavy (non-hydrogen) atoms. The summed E-state index contributed by atoms with van der Waals surface area (Å²) in [6.45, 7) is 1.95. The molecule has 0 aliphatic heterocycles. The van der Waals surface area contributed by atoms with Gasteiger partial charge in [-0.2, -0.15) is 15.3 Å². The Morgan fingerprint density at radius 1 is 1.12 bits per heavy atom. The van der Waals surface area contributed by atoms with E-state index in [-0.39, 0.29) is 0 Å². The van der Waals surface area contributed by atoms with Gasteiger partial charge in [0.15, 0.2) is 5.82 Å². The number of nitriles is 1. The van der Waals surface area contributed by atoms with Crippen LogP contribution < -0.4 is 10.6 Å². The predicted octanol–water partition coefficient (Wildman–Crippen LogP) is 4.19. The summed E-state index contributed by atoms with van der Waals surface area (Å²) in [5.41, 5.74) is 3.16. The molecule has 0 saturated heterocycles. The average molecular weight is 337 g/mol. The van der Waals surface area contributed by atoms with Crippen LogP contribution in [0.25, 0.3) is 0 Å². The van der Waals surface area contributed by atoms with Crippen LogP contribution in [-0.4, -0.2) is 15.2 Å². The van der Waals surface area contributed by atoms with Crippen molar-refractivity contribution in [1.82, 2.24) is 15.2 Å². The highest BCUT2D eigenvalue weighted by molar-refractivity contribution is 6.30. The van der Waals surface area contributed by atoms with Gasteiger partial charge in [0, 0.05) is 16.4 Å². The molecular weight excluding hydrogens is 324 g/mol. The fraction of sp³-hybridized carbons (Fsp3) is 0.0588. The van der Waals surface area contributed by atoms with Crippen molar-refractivity contribution in [3.05, 3.63) is 64.8 Å². The number of nitrogens with zero attached hydrogens (tertiary/aromatic N) is 4. The van der Waals surface area contributed by atoms with E-state index in [2.05, 4.69) is 31.9 Å². The van der Waals surface area contributed by atoms with Crippen LogP contribution in [0.1, 0.15) is 11.1 Å². The third kappa shape index (κ3) is 3.77. The molecule has 0 unspecified atom stereocenters. The van der Waals surface area contributed by atoms with Crippen LogP contribution in [0.2, 0.25) is 5.02 Å². The van der Waals surface area contributed by atoms with Gasteiger partial charge in [0.05, 0.1) is 17.8 Å². The lowest BCUT2D eigenvalue weighted by molar-refractivity contribution is 0.982. The first-order valence-electron chi connectivity index (χ1n) is 7.14. The molecule has 0 amide bonds. The maximum absolute atomic E-state index is 8.94. The van der Waals surface area contributed by atoms with Gasteiger partial charge in [0.2, 0.25) is 5.95 Å². The molecule has 0 aliphatic carbocycles. The minimum Gasteiger partial charge on any atom is -0.339 e. The first kappa shape index (κ1) is 15.7. The third-order valence-corrected chi connectivity index (χ3v) is 3.49. The van der Waals surface area contributed by atoms with Gasteiger partial charge in [0.1, 0.15) is 0 Å². The molecule has 1 aromatic heterocycles. The monoisotopic (exact) mass is 336 g/mol. The van der Waals surface area contributed by atoms with Crippen molar-refractivity contribution in [3.63, 3.8) is 0 Å². The summed E-state index contributed by atoms with van der Waals surface area (Å²) >= 11 is 5.96. The van der Waals surface area contributed by atoms with E-state index in [9.17, 15) is 0 Å². The number of benzene rings is 2. The zero-order chi connectivity index (χ0) is 16.9. The molecule has 0 spiro atoms. The molecule has 2 aromatic carbocycles. The van der Waals surface area contributed by atoms with Crippen LogP contribution in [0.3, 0.4) is 0 Å². The van der Waals surface area contributed by atoms with Crippen molar-refractivity contribution in [1.29, 1.82) is 5.26 Å². The summed E-state index contributed by atoms with van der Waals surface area (Å²) in [5.74, 6) is 0.885. The Morgan fingerprint density at radius 2 is 2.00 bits per heavy atom. The number of hydrogen-bond donors (Lipinski definition) is 2. The van der Waals surface area contributed by atoms with Crippen molar-refractivity contribution in [3.8, 4) is 6.07 Å². The number of aryl methyl sites for hydroxylation is 1. The quantitative estimate of drug-likeness (QED) is 0.742. The van der Waals surface area contributed by atoms with E-state index < -0.39 is 0 Å². The Balaban J connectivity index is 1.80. The van der Waals surface area contributed by atoms with Gasteiger partial charge >= 0.3 is 0 Å². The molecule has 0 fully saturated rings. The number of halogens is 1. The molecular formula is C17H13ClN6. The molecule has 3 aromatic rings. The fourth-order valence-electron chi connectivity index (χ4n) is 2.12. The van der Waals surface area contributed by atoms with E-state index in [0.717, 1.165) is 16.9 Å². The Bertz CT molecular complexity index is 919. The zero-order valence-corrected chi connectivity index (χ0v) is 13.5. The molecule has 118 valence electrons. The predicted molar refractivity (Wildman–Crippen MR) is 93.7 cm³/mol. The number of aromatic nitrogens is 3. The molecule has 0 bridgehead atoms. The maximum Gasteiger partial charge on any atom is 0.249 e. The minimum atomic E-state index is 0.335. The van der Waals surface area contributed by atoms with Crippen LogP contribution in [0.5, 0.6) is 0 Å². The highest BCUT2D eigenvalue weighted by Crippen LogP contribution is 2.23. The summed E-state index contributed by atoms with van der Waals surface area (Å²) in [6.07, 6.45) is 1.53. The van der Waals surface area contributed by atoms with Gasteiger partial charge in [-0.3, -0.25) is 0 Å². The summed E-state index contributed by atoms with van der Waals surface area (Å²) < 4.78 is 0. The fourth-order valence-corrected chi connectivity index (χ4v) is 2.34. The second-order valence-corrected chi connectivity index (χ2v) is 5.50. The van der Waals surface area contributed by atoms with Crippen molar-refractivity contribution in [2.24, 2.45) is 0 Å². The first-order chi connectivity index (χ1) is 11.6. The van der Waals surface area contributed by atoms with Crippen LogP contribution >= 0.6 is 11.6 Å². The van der Waals surface area contributed by atoms with Crippen LogP contribution in [-0.2, 0) is 0 Å². The molecule has 0 aliphatic rings. The Labute approximate surface area is 144 Å². The standard InChI is InChI=1S/C17H13ClN6/c1-11-7-13(18)5-6-15(11)22-16-10-20-24-17(23-16)21-14-4-2-3-12(8-14)9-19/h2-8,10H,1H3,(H2,21,22,23,24). The van der Waals surface area contributed by atoms with E-state index in [1.165, 1.54) is 6.20 Å². The molecule has 1 heterocycles. The van der Waals surface area contributed by atoms with Gasteiger partial charge in [-0.25, -0.2) is 0 Å². The lowest BCUT2D eigenvalue weighted by Gasteiger charge is -2.10. The van der Waals surface area contributed by atoms with E-state index >= 15 is 0 Å². The number of anilines is 4. The Kier molecular flexibility index (Phi) is 4.54. The van der Waals surface area contributed by atoms with Gasteiger partial charge in [0.25, 0.3) is 0 Å². The van der Waals surface area contributed by atoms with Crippen molar-refractivity contribution < 1.29 is 0 Å². The lowest BCUT2D eigenvalue weighted by Crippen LogP contribution is -2.03. The zero-order valence-electron chi connectivity index (χ0n) is 12.8. The number of nitrogens with one attached hydrogen (secondary N) is 2. The third-order valence-electron chi connectivity index (χ3n) is 3.26. The normalized spacial score (nSPS) is 10.0. The molecule has 0 saturated carbocycles. The van der Waals surface area contributed by atoms with Gasteiger partial charge in [-0.05, 0) is 48.9 Å². The summed E-state index contributed by atoms with van der Waals surface area (Å²) in [6, 6.07) is 14.7. The molecule has 2 N–H and O–H groups in total. The van der Waals surface area contributed by atoms with Gasteiger partial charge in [-0.1, -0.05) is 17.7 Å². The second kappa shape index (κ2) is 6.94. The first-order valence-corrected chi connectivity index (χ1v) is 7.52. The maximum atomic E-state index is 8.94. The highest BCUT2D eigenvalue weighted by Gasteiger charge is 2.05. The smallest absolute Gasteiger partial charge is 0.249 e. The van der Waals surface area contributed by atoms with Gasteiger partial charge < -0.3 is 10.6 Å². The van der Waals surface area contributed by atoms with E-state index in [1.54, 1.807) is 24.3 Å². The van der Waals surface area contributed by atoms with E-state index in [4.69, 9.17) is 16.9 Å². The van der Waals surface area contributed by atoms with Crippen LogP contribution in [0.4, 0.5) is 23.1 Å². The topological polar surface area (TPSA) is 86.5 Å². The van der Waals surface area contributed by atoms with Crippen molar-refractivity contribution in [2.45, 2.75) is 6.92 Å². The number of rotatable bonds is 4. The van der Waals surface area contributed by atoms with Gasteiger partial charge in [-0.15, -0.1) is 5.10 Å². The average Bonchev–Trinajstić information content (AvgIpc) is 2.58. The van der Waals surface area contributed by atoms with Crippen molar-refractivity contribution in [2.75, 3.05) is 10.6 Å². The molecule has 3 rings (SSSR count). The molecule has 0 atom stereocenters. The van der Waals surface area contributed by atoms with Crippen molar-refractivity contribution >= 4 is 34.7 Å². The Hall–Kier alpha value is -3.17. The molecule has 6 nitrogen and oxygen atoms in total. The SMILES string of the molecule is Cc1cc(Cl)ccc1Nc1cnnc(Nc2cccc(C#N)c2)n1. The van der Waals surface area contributed by atoms with E-state index in [1.807, 2.05) is 25.1 Å². The summed E-state index contributed by atoms with van der Waals surface area (Å²) in [4.78, 5) is 4.37. The summed E-state index contributed by atoms with van der Waals surface area (Å²) in [5, 5.41) is 23.7. The Morgan fingerprint density at radius 3 is 2.79 bits per heavy atom. The lowest BCUT2D eigenvalue weighted by atomic mass is 10.2. The molecule has 0 radical (unpaired) electrons. The van der Waals surface area contributed by atoms with E-state index in [0.29, 0.717) is 22.4 Å². The second-order valence-electron chi connectivity index (χ2n) is 5.07. The van der Waals surface area contributed by atoms with Crippen LogP contribution in [0.15, 0.2) is 48.7 Å². The number of hydrogen-bond acceptors (Lipinski definition) is 6. The highest BCUT2D eigenvalue weighted by atomic mass is 35.5. The summed E-state index contributed by atoms with van der Waals surface area (Å²) in [7, 11) is 0. The van der Waals surface area contributed by atoms with Crippen LogP contribution in [0, 0.1) is 18.3 Å².